The first kappa shape index (κ1) is 11.1. The summed E-state index contributed by atoms with van der Waals surface area (Å²) in [6, 6.07) is 4.84. The van der Waals surface area contributed by atoms with Gasteiger partial charge in [0.25, 0.3) is 0 Å². The van der Waals surface area contributed by atoms with Crippen molar-refractivity contribution in [2.75, 3.05) is 11.4 Å². The normalized spacial score (nSPS) is 15.1. The summed E-state index contributed by atoms with van der Waals surface area (Å²) in [4.78, 5) is 1.92. The van der Waals surface area contributed by atoms with Gasteiger partial charge in [0.05, 0.1) is 0 Å². The van der Waals surface area contributed by atoms with Crippen LogP contribution in [0.3, 0.4) is 0 Å². The fraction of sp³-hybridized carbons (Fsp3) is 0.462. The van der Waals surface area contributed by atoms with E-state index in [0.717, 1.165) is 24.2 Å². The summed E-state index contributed by atoms with van der Waals surface area (Å²) in [5.74, 6) is 0.323. The minimum absolute atomic E-state index is 0.200. The molecule has 1 aromatic rings. The molecule has 86 valence electrons. The molecule has 16 heavy (non-hydrogen) atoms. The Bertz CT molecular complexity index is 432. The van der Waals surface area contributed by atoms with Crippen molar-refractivity contribution in [2.45, 2.75) is 27.2 Å². The number of rotatable bonds is 0. The number of halogens is 1. The van der Waals surface area contributed by atoms with Crippen LogP contribution in [0.4, 0.5) is 10.1 Å². The summed E-state index contributed by atoms with van der Waals surface area (Å²) >= 11 is 0. The molecule has 0 saturated heterocycles. The van der Waals surface area contributed by atoms with E-state index in [2.05, 4.69) is 0 Å². The van der Waals surface area contributed by atoms with Crippen molar-refractivity contribution in [2.24, 2.45) is 5.41 Å². The van der Waals surface area contributed by atoms with E-state index in [1.54, 1.807) is 0 Å². The van der Waals surface area contributed by atoms with Crippen LogP contribution in [0.1, 0.15) is 26.3 Å². The molecule has 0 bridgehead atoms. The Morgan fingerprint density at radius 1 is 1.38 bits per heavy atom. The van der Waals surface area contributed by atoms with Crippen molar-refractivity contribution in [3.63, 3.8) is 0 Å². The van der Waals surface area contributed by atoms with Gasteiger partial charge in [-0.25, -0.2) is 4.39 Å². The Labute approximate surface area is 95.6 Å². The number of hydrogen-bond acceptors (Lipinski definition) is 1. The monoisotopic (exact) mass is 220 g/mol. The molecule has 0 fully saturated rings. The maximum Gasteiger partial charge on any atom is 0.125 e. The average molecular weight is 220 g/mol. The third-order valence-electron chi connectivity index (χ3n) is 2.92. The van der Waals surface area contributed by atoms with E-state index in [1.165, 1.54) is 12.1 Å². The Morgan fingerprint density at radius 2 is 2.06 bits per heavy atom. The summed E-state index contributed by atoms with van der Waals surface area (Å²) in [7, 11) is 0. The van der Waals surface area contributed by atoms with Gasteiger partial charge in [-0.15, -0.1) is 0 Å². The largest absolute Gasteiger partial charge is 0.329 e. The van der Waals surface area contributed by atoms with Crippen molar-refractivity contribution in [1.82, 2.24) is 0 Å². The van der Waals surface area contributed by atoms with Gasteiger partial charge in [0.1, 0.15) is 11.7 Å². The molecular weight excluding hydrogens is 203 g/mol. The number of amidine groups is 1. The standard InChI is InChI=1S/C13H17FN2/c1-13(2,3)12(15)16-7-6-9-4-5-10(14)8-11(9)16/h4-5,8,15H,6-7H2,1-3H3. The lowest BCUT2D eigenvalue weighted by Crippen LogP contribution is -2.37. The number of anilines is 1. The third kappa shape index (κ3) is 1.82. The zero-order valence-electron chi connectivity index (χ0n) is 9.97. The van der Waals surface area contributed by atoms with Gasteiger partial charge >= 0.3 is 0 Å². The van der Waals surface area contributed by atoms with E-state index >= 15 is 0 Å². The number of hydrogen-bond donors (Lipinski definition) is 1. The molecule has 0 aliphatic carbocycles. The summed E-state index contributed by atoms with van der Waals surface area (Å²) in [5, 5.41) is 8.14. The van der Waals surface area contributed by atoms with Crippen LogP contribution in [0.15, 0.2) is 18.2 Å². The molecule has 1 aromatic carbocycles. The third-order valence-corrected chi connectivity index (χ3v) is 2.92. The van der Waals surface area contributed by atoms with Gasteiger partial charge in [0, 0.05) is 17.6 Å². The second-order valence-corrected chi connectivity index (χ2v) is 5.27. The van der Waals surface area contributed by atoms with Crippen LogP contribution in [-0.4, -0.2) is 12.4 Å². The van der Waals surface area contributed by atoms with Crippen molar-refractivity contribution in [3.05, 3.63) is 29.6 Å². The summed E-state index contributed by atoms with van der Waals surface area (Å²) in [6.07, 6.45) is 0.897. The molecule has 0 spiro atoms. The van der Waals surface area contributed by atoms with E-state index in [0.29, 0.717) is 5.84 Å². The maximum absolute atomic E-state index is 13.2. The second kappa shape index (κ2) is 3.58. The molecule has 3 heteroatoms. The zero-order chi connectivity index (χ0) is 11.9. The molecule has 0 amide bonds. The highest BCUT2D eigenvalue weighted by Crippen LogP contribution is 2.32. The highest BCUT2D eigenvalue weighted by atomic mass is 19.1. The Kier molecular flexibility index (Phi) is 2.49. The molecule has 2 rings (SSSR count). The molecule has 0 aromatic heterocycles. The van der Waals surface area contributed by atoms with Gasteiger partial charge in [-0.05, 0) is 24.1 Å². The van der Waals surface area contributed by atoms with Crippen molar-refractivity contribution < 1.29 is 4.39 Å². The van der Waals surface area contributed by atoms with Crippen LogP contribution in [0.5, 0.6) is 0 Å². The predicted molar refractivity (Wildman–Crippen MR) is 64.6 cm³/mol. The van der Waals surface area contributed by atoms with Crippen LogP contribution in [0.2, 0.25) is 0 Å². The fourth-order valence-electron chi connectivity index (χ4n) is 1.99. The molecule has 0 atom stereocenters. The fourth-order valence-corrected chi connectivity index (χ4v) is 1.99. The lowest BCUT2D eigenvalue weighted by Gasteiger charge is -2.29. The molecule has 0 radical (unpaired) electrons. The van der Waals surface area contributed by atoms with Crippen LogP contribution in [0.25, 0.3) is 0 Å². The van der Waals surface area contributed by atoms with Gasteiger partial charge in [-0.1, -0.05) is 26.8 Å². The van der Waals surface area contributed by atoms with Crippen LogP contribution >= 0.6 is 0 Å². The van der Waals surface area contributed by atoms with Crippen LogP contribution < -0.4 is 4.90 Å². The number of nitrogens with zero attached hydrogens (tertiary/aromatic N) is 1. The Morgan fingerprint density at radius 3 is 2.69 bits per heavy atom. The van der Waals surface area contributed by atoms with E-state index in [-0.39, 0.29) is 11.2 Å². The zero-order valence-corrected chi connectivity index (χ0v) is 9.97. The first-order valence-corrected chi connectivity index (χ1v) is 5.54. The predicted octanol–water partition coefficient (Wildman–Crippen LogP) is 3.21. The molecule has 1 N–H and O–H groups in total. The van der Waals surface area contributed by atoms with Crippen LogP contribution in [-0.2, 0) is 6.42 Å². The first-order valence-electron chi connectivity index (χ1n) is 5.54. The SMILES string of the molecule is CC(C)(C)C(=N)N1CCc2ccc(F)cc21. The Hall–Kier alpha value is -1.38. The molecular formula is C13H17FN2. The van der Waals surface area contributed by atoms with E-state index in [4.69, 9.17) is 5.41 Å². The highest BCUT2D eigenvalue weighted by molar-refractivity contribution is 6.00. The average Bonchev–Trinajstić information content (AvgIpc) is 2.57. The number of benzene rings is 1. The minimum Gasteiger partial charge on any atom is -0.329 e. The lowest BCUT2D eigenvalue weighted by atomic mass is 9.94. The van der Waals surface area contributed by atoms with Gasteiger partial charge in [-0.2, -0.15) is 0 Å². The summed E-state index contributed by atoms with van der Waals surface area (Å²) in [5.41, 5.74) is 1.80. The van der Waals surface area contributed by atoms with Crippen molar-refractivity contribution in [1.29, 1.82) is 5.41 Å². The quantitative estimate of drug-likeness (QED) is 0.527. The first-order chi connectivity index (χ1) is 7.39. The molecule has 0 unspecified atom stereocenters. The minimum atomic E-state index is -0.229. The van der Waals surface area contributed by atoms with Gasteiger partial charge in [-0.3, -0.25) is 5.41 Å². The van der Waals surface area contributed by atoms with E-state index < -0.39 is 0 Å². The van der Waals surface area contributed by atoms with Crippen LogP contribution in [0, 0.1) is 16.6 Å². The Balaban J connectivity index is 2.37. The van der Waals surface area contributed by atoms with Gasteiger partial charge in [0.15, 0.2) is 0 Å². The smallest absolute Gasteiger partial charge is 0.125 e. The van der Waals surface area contributed by atoms with Crippen molar-refractivity contribution in [3.8, 4) is 0 Å². The maximum atomic E-state index is 13.2. The van der Waals surface area contributed by atoms with E-state index in [9.17, 15) is 4.39 Å². The topological polar surface area (TPSA) is 27.1 Å². The van der Waals surface area contributed by atoms with E-state index in [1.807, 2.05) is 31.7 Å². The van der Waals surface area contributed by atoms with Gasteiger partial charge in [0.2, 0.25) is 0 Å². The molecule has 2 nitrogen and oxygen atoms in total. The molecule has 1 aliphatic rings. The molecule has 1 heterocycles. The lowest BCUT2D eigenvalue weighted by molar-refractivity contribution is 0.573. The van der Waals surface area contributed by atoms with Gasteiger partial charge < -0.3 is 4.90 Å². The summed E-state index contributed by atoms with van der Waals surface area (Å²) in [6.45, 7) is 6.81. The second-order valence-electron chi connectivity index (χ2n) is 5.27. The summed E-state index contributed by atoms with van der Waals surface area (Å²) < 4.78 is 13.2. The molecule has 0 saturated carbocycles. The van der Waals surface area contributed by atoms with Crippen molar-refractivity contribution >= 4 is 11.5 Å². The number of nitrogens with one attached hydrogen (secondary N) is 1. The highest BCUT2D eigenvalue weighted by Gasteiger charge is 2.29. The molecule has 1 aliphatic heterocycles. The number of fused-ring (bicyclic) bond motifs is 1.